The Balaban J connectivity index is 1.88. The summed E-state index contributed by atoms with van der Waals surface area (Å²) in [6, 6.07) is 8.46. The second kappa shape index (κ2) is 5.90. The molecular weight excluding hydrogens is 280 g/mol. The van der Waals surface area contributed by atoms with Crippen molar-refractivity contribution in [2.24, 2.45) is 0 Å². The molecule has 21 heavy (non-hydrogen) atoms. The quantitative estimate of drug-likeness (QED) is 0.902. The first-order valence-corrected chi connectivity index (χ1v) is 8.23. The molecule has 1 amide bonds. The standard InChI is InChI=1S/C17H20N2OS/c1-11-12(17(20)18-2)5-3-6-14(11)19-15-7-4-8-16-13(15)9-10-21-16/h3,5-6,9-10,15,19H,4,7-8H2,1-2H3,(H,18,20). The minimum atomic E-state index is -0.0315. The monoisotopic (exact) mass is 300 g/mol. The van der Waals surface area contributed by atoms with E-state index in [4.69, 9.17) is 0 Å². The van der Waals surface area contributed by atoms with Crippen molar-refractivity contribution in [1.29, 1.82) is 0 Å². The van der Waals surface area contributed by atoms with Crippen LogP contribution in [0.25, 0.3) is 0 Å². The summed E-state index contributed by atoms with van der Waals surface area (Å²) in [6.07, 6.45) is 3.56. The topological polar surface area (TPSA) is 41.1 Å². The summed E-state index contributed by atoms with van der Waals surface area (Å²) in [5.74, 6) is -0.0315. The zero-order valence-electron chi connectivity index (χ0n) is 12.4. The van der Waals surface area contributed by atoms with Crippen LogP contribution in [0.5, 0.6) is 0 Å². The highest BCUT2D eigenvalue weighted by atomic mass is 32.1. The minimum Gasteiger partial charge on any atom is -0.378 e. The highest BCUT2D eigenvalue weighted by Gasteiger charge is 2.22. The molecule has 0 bridgehead atoms. The Bertz CT molecular complexity index is 663. The van der Waals surface area contributed by atoms with Gasteiger partial charge in [0.25, 0.3) is 5.91 Å². The summed E-state index contributed by atoms with van der Waals surface area (Å²) in [5, 5.41) is 8.52. The third-order valence-corrected chi connectivity index (χ3v) is 5.18. The van der Waals surface area contributed by atoms with Gasteiger partial charge in [-0.25, -0.2) is 0 Å². The van der Waals surface area contributed by atoms with Gasteiger partial charge in [-0.1, -0.05) is 6.07 Å². The molecule has 0 saturated heterocycles. The number of nitrogens with one attached hydrogen (secondary N) is 2. The SMILES string of the molecule is CNC(=O)c1cccc(NC2CCCc3sccc32)c1C. The Morgan fingerprint density at radius 2 is 2.19 bits per heavy atom. The summed E-state index contributed by atoms with van der Waals surface area (Å²) in [6.45, 7) is 2.00. The van der Waals surface area contributed by atoms with Crippen LogP contribution in [-0.4, -0.2) is 13.0 Å². The molecular formula is C17H20N2OS. The van der Waals surface area contributed by atoms with Crippen molar-refractivity contribution >= 4 is 22.9 Å². The maximum absolute atomic E-state index is 11.9. The van der Waals surface area contributed by atoms with Crippen molar-refractivity contribution in [2.45, 2.75) is 32.2 Å². The van der Waals surface area contributed by atoms with Gasteiger partial charge in [0.2, 0.25) is 0 Å². The number of fused-ring (bicyclic) bond motifs is 1. The first kappa shape index (κ1) is 14.1. The van der Waals surface area contributed by atoms with Crippen LogP contribution in [0.4, 0.5) is 5.69 Å². The number of carbonyl (C=O) groups is 1. The fourth-order valence-electron chi connectivity index (χ4n) is 3.00. The van der Waals surface area contributed by atoms with Crippen molar-refractivity contribution in [3.8, 4) is 0 Å². The summed E-state index contributed by atoms with van der Waals surface area (Å²) in [7, 11) is 1.67. The Morgan fingerprint density at radius 3 is 3.00 bits per heavy atom. The molecule has 0 fully saturated rings. The molecule has 1 aliphatic carbocycles. The molecule has 3 rings (SSSR count). The number of anilines is 1. The molecule has 0 aliphatic heterocycles. The van der Waals surface area contributed by atoms with Gasteiger partial charge in [-0.15, -0.1) is 11.3 Å². The van der Waals surface area contributed by atoms with E-state index in [0.29, 0.717) is 6.04 Å². The number of rotatable bonds is 3. The van der Waals surface area contributed by atoms with Crippen molar-refractivity contribution in [3.63, 3.8) is 0 Å². The molecule has 1 unspecified atom stereocenters. The maximum atomic E-state index is 11.9. The fourth-order valence-corrected chi connectivity index (χ4v) is 3.98. The Morgan fingerprint density at radius 1 is 1.33 bits per heavy atom. The smallest absolute Gasteiger partial charge is 0.251 e. The van der Waals surface area contributed by atoms with E-state index in [1.807, 2.05) is 30.4 Å². The van der Waals surface area contributed by atoms with Gasteiger partial charge in [0, 0.05) is 23.2 Å². The molecule has 110 valence electrons. The molecule has 3 nitrogen and oxygen atoms in total. The second-order valence-corrected chi connectivity index (χ2v) is 6.45. The number of hydrogen-bond acceptors (Lipinski definition) is 3. The molecule has 1 aliphatic rings. The number of thiophene rings is 1. The van der Waals surface area contributed by atoms with Crippen LogP contribution < -0.4 is 10.6 Å². The molecule has 0 radical (unpaired) electrons. The maximum Gasteiger partial charge on any atom is 0.251 e. The largest absolute Gasteiger partial charge is 0.378 e. The molecule has 1 aromatic heterocycles. The van der Waals surface area contributed by atoms with Gasteiger partial charge < -0.3 is 10.6 Å². The lowest BCUT2D eigenvalue weighted by molar-refractivity contribution is 0.0962. The van der Waals surface area contributed by atoms with Gasteiger partial charge in [-0.2, -0.15) is 0 Å². The number of amides is 1. The van der Waals surface area contributed by atoms with Gasteiger partial charge in [0.1, 0.15) is 0 Å². The predicted molar refractivity (Wildman–Crippen MR) is 88.2 cm³/mol. The van der Waals surface area contributed by atoms with E-state index in [2.05, 4.69) is 28.1 Å². The van der Waals surface area contributed by atoms with E-state index in [-0.39, 0.29) is 5.91 Å². The zero-order valence-corrected chi connectivity index (χ0v) is 13.2. The second-order valence-electron chi connectivity index (χ2n) is 5.45. The van der Waals surface area contributed by atoms with Crippen LogP contribution in [0.3, 0.4) is 0 Å². The van der Waals surface area contributed by atoms with Crippen LogP contribution >= 0.6 is 11.3 Å². The molecule has 2 aromatic rings. The number of benzene rings is 1. The zero-order chi connectivity index (χ0) is 14.8. The fraction of sp³-hybridized carbons (Fsp3) is 0.353. The predicted octanol–water partition coefficient (Wildman–Crippen LogP) is 3.91. The lowest BCUT2D eigenvalue weighted by Gasteiger charge is -2.26. The van der Waals surface area contributed by atoms with E-state index in [1.54, 1.807) is 7.05 Å². The first-order chi connectivity index (χ1) is 10.2. The first-order valence-electron chi connectivity index (χ1n) is 7.35. The molecule has 2 N–H and O–H groups in total. The van der Waals surface area contributed by atoms with Crippen LogP contribution in [0, 0.1) is 6.92 Å². The van der Waals surface area contributed by atoms with Gasteiger partial charge in [-0.3, -0.25) is 4.79 Å². The van der Waals surface area contributed by atoms with Crippen molar-refractivity contribution in [3.05, 3.63) is 51.2 Å². The number of hydrogen-bond donors (Lipinski definition) is 2. The summed E-state index contributed by atoms with van der Waals surface area (Å²) in [4.78, 5) is 13.4. The Labute approximate surface area is 129 Å². The lowest BCUT2D eigenvalue weighted by Crippen LogP contribution is -2.20. The Hall–Kier alpha value is -1.81. The van der Waals surface area contributed by atoms with Crippen LogP contribution in [0.1, 0.15) is 45.2 Å². The molecule has 0 spiro atoms. The molecule has 0 saturated carbocycles. The van der Waals surface area contributed by atoms with Gasteiger partial charge >= 0.3 is 0 Å². The summed E-state index contributed by atoms with van der Waals surface area (Å²) >= 11 is 1.85. The highest BCUT2D eigenvalue weighted by molar-refractivity contribution is 7.10. The minimum absolute atomic E-state index is 0.0315. The third kappa shape index (κ3) is 2.68. The molecule has 1 heterocycles. The van der Waals surface area contributed by atoms with Crippen molar-refractivity contribution in [2.75, 3.05) is 12.4 Å². The summed E-state index contributed by atoms with van der Waals surface area (Å²) < 4.78 is 0. The lowest BCUT2D eigenvalue weighted by atomic mass is 9.93. The third-order valence-electron chi connectivity index (χ3n) is 4.19. The van der Waals surface area contributed by atoms with Crippen molar-refractivity contribution < 1.29 is 4.79 Å². The van der Waals surface area contributed by atoms with Gasteiger partial charge in [-0.05, 0) is 60.9 Å². The molecule has 1 aromatic carbocycles. The van der Waals surface area contributed by atoms with Crippen LogP contribution in [-0.2, 0) is 6.42 Å². The average Bonchev–Trinajstić information content (AvgIpc) is 2.98. The van der Waals surface area contributed by atoms with E-state index in [9.17, 15) is 4.79 Å². The van der Waals surface area contributed by atoms with E-state index < -0.39 is 0 Å². The van der Waals surface area contributed by atoms with E-state index in [0.717, 1.165) is 23.2 Å². The molecule has 4 heteroatoms. The van der Waals surface area contributed by atoms with E-state index in [1.165, 1.54) is 23.3 Å². The van der Waals surface area contributed by atoms with E-state index >= 15 is 0 Å². The van der Waals surface area contributed by atoms with Gasteiger partial charge in [0.15, 0.2) is 0 Å². The number of aryl methyl sites for hydroxylation is 1. The average molecular weight is 300 g/mol. The normalized spacial score (nSPS) is 17.1. The molecule has 1 atom stereocenters. The number of carbonyl (C=O) groups excluding carboxylic acids is 1. The van der Waals surface area contributed by atoms with Crippen molar-refractivity contribution in [1.82, 2.24) is 5.32 Å². The highest BCUT2D eigenvalue weighted by Crippen LogP contribution is 2.36. The Kier molecular flexibility index (Phi) is 3.97. The summed E-state index contributed by atoms with van der Waals surface area (Å²) in [5.41, 5.74) is 4.24. The van der Waals surface area contributed by atoms with Gasteiger partial charge in [0.05, 0.1) is 6.04 Å². The van der Waals surface area contributed by atoms with Crippen LogP contribution in [0.2, 0.25) is 0 Å². The van der Waals surface area contributed by atoms with Crippen LogP contribution in [0.15, 0.2) is 29.6 Å².